The molecule has 1 saturated heterocycles. The number of amides is 3. The average molecular weight is 663 g/mol. The van der Waals surface area contributed by atoms with Crippen LogP contribution in [0.5, 0.6) is 5.75 Å². The number of alkyl halides is 5. The van der Waals surface area contributed by atoms with Crippen LogP contribution in [-0.2, 0) is 4.79 Å². The summed E-state index contributed by atoms with van der Waals surface area (Å²) < 4.78 is 86.1. The number of rotatable bonds is 8. The molecule has 3 aromatic carbocycles. The molecule has 2 heterocycles. The molecule has 0 saturated carbocycles. The minimum absolute atomic E-state index is 0.0472. The number of aliphatic imine (C=N–C) groups is 1. The summed E-state index contributed by atoms with van der Waals surface area (Å²) in [6.07, 6.45) is -8.26. The number of nitrogens with zero attached hydrogens (tertiary/aromatic N) is 5. The standard InChI is InChI=1S/C30H24F6N6O3S/c1-16(2)22-13-19(31)7-12-23(22)42-24(43)14-46-29(42)39-28(44)38-26(33)25(32)17-3-5-18(6-4-17)27-37-15-41(40-27)20-8-10-21(11-9-20)45-30(34,35)36/h3-13,15-16,25-26H,14H2,1-2H3,(H,38,44)/b39-29-. The quantitative estimate of drug-likeness (QED) is 0.158. The molecule has 240 valence electrons. The third-order valence-electron chi connectivity index (χ3n) is 6.65. The number of thioether (sulfide) groups is 1. The average Bonchev–Trinajstić information content (AvgIpc) is 3.63. The number of carbonyl (C=O) groups is 2. The van der Waals surface area contributed by atoms with Gasteiger partial charge in [0.1, 0.15) is 17.9 Å². The van der Waals surface area contributed by atoms with E-state index in [9.17, 15) is 31.5 Å². The van der Waals surface area contributed by atoms with Gasteiger partial charge in [-0.1, -0.05) is 49.9 Å². The number of urea groups is 1. The molecule has 1 N–H and O–H groups in total. The molecule has 9 nitrogen and oxygen atoms in total. The Kier molecular flexibility index (Phi) is 9.37. The van der Waals surface area contributed by atoms with E-state index in [1.54, 1.807) is 0 Å². The monoisotopic (exact) mass is 662 g/mol. The van der Waals surface area contributed by atoms with E-state index < -0.39 is 42.3 Å². The molecule has 5 rings (SSSR count). The lowest BCUT2D eigenvalue weighted by atomic mass is 10.0. The first-order valence-corrected chi connectivity index (χ1v) is 14.6. The first-order valence-electron chi connectivity index (χ1n) is 13.6. The molecule has 1 aromatic heterocycles. The number of nitrogens with one attached hydrogen (secondary N) is 1. The molecule has 0 aliphatic carbocycles. The highest BCUT2D eigenvalue weighted by molar-refractivity contribution is 8.15. The summed E-state index contributed by atoms with van der Waals surface area (Å²) >= 11 is 0.936. The summed E-state index contributed by atoms with van der Waals surface area (Å²) in [5.41, 5.74) is 1.57. The van der Waals surface area contributed by atoms with E-state index >= 15 is 4.39 Å². The van der Waals surface area contributed by atoms with Gasteiger partial charge in [0.2, 0.25) is 12.2 Å². The highest BCUT2D eigenvalue weighted by atomic mass is 32.2. The van der Waals surface area contributed by atoms with Crippen molar-refractivity contribution < 1.29 is 40.7 Å². The van der Waals surface area contributed by atoms with E-state index in [-0.39, 0.29) is 28.2 Å². The van der Waals surface area contributed by atoms with Crippen LogP contribution in [0.2, 0.25) is 0 Å². The van der Waals surface area contributed by atoms with Crippen LogP contribution < -0.4 is 15.0 Å². The molecule has 3 amide bonds. The maximum atomic E-state index is 15.0. The molecule has 0 bridgehead atoms. The summed E-state index contributed by atoms with van der Waals surface area (Å²) in [4.78, 5) is 34.3. The second kappa shape index (κ2) is 13.2. The Morgan fingerprint density at radius 3 is 2.39 bits per heavy atom. The number of hydrogen-bond donors (Lipinski definition) is 1. The van der Waals surface area contributed by atoms with Crippen molar-refractivity contribution >= 4 is 34.6 Å². The topological polar surface area (TPSA) is 102 Å². The first-order chi connectivity index (χ1) is 21.8. The highest BCUT2D eigenvalue weighted by Gasteiger charge is 2.34. The summed E-state index contributed by atoms with van der Waals surface area (Å²) in [5.74, 6) is -1.31. The lowest BCUT2D eigenvalue weighted by Crippen LogP contribution is -2.35. The number of carbonyl (C=O) groups excluding carboxylic acids is 2. The Labute approximate surface area is 262 Å². The molecule has 2 unspecified atom stereocenters. The maximum absolute atomic E-state index is 15.0. The Hall–Kier alpha value is -4.86. The predicted octanol–water partition coefficient (Wildman–Crippen LogP) is 7.25. The smallest absolute Gasteiger partial charge is 0.406 e. The zero-order chi connectivity index (χ0) is 33.2. The molecule has 0 radical (unpaired) electrons. The molecular weight excluding hydrogens is 638 g/mol. The first kappa shape index (κ1) is 32.5. The molecule has 2 atom stereocenters. The van der Waals surface area contributed by atoms with Crippen molar-refractivity contribution in [3.8, 4) is 22.8 Å². The number of anilines is 1. The number of aromatic nitrogens is 3. The number of hydrogen-bond acceptors (Lipinski definition) is 6. The Balaban J connectivity index is 1.23. The molecule has 1 fully saturated rings. The van der Waals surface area contributed by atoms with Crippen LogP contribution in [0.1, 0.15) is 37.1 Å². The van der Waals surface area contributed by atoms with Crippen LogP contribution in [0.25, 0.3) is 17.1 Å². The third kappa shape index (κ3) is 7.50. The van der Waals surface area contributed by atoms with Gasteiger partial charge < -0.3 is 10.1 Å². The van der Waals surface area contributed by atoms with Gasteiger partial charge in [0, 0.05) is 5.56 Å². The van der Waals surface area contributed by atoms with E-state index in [4.69, 9.17) is 0 Å². The van der Waals surface area contributed by atoms with E-state index in [0.29, 0.717) is 22.5 Å². The van der Waals surface area contributed by atoms with E-state index in [1.165, 1.54) is 65.6 Å². The van der Waals surface area contributed by atoms with Crippen molar-refractivity contribution in [2.75, 3.05) is 10.7 Å². The Morgan fingerprint density at radius 1 is 1.04 bits per heavy atom. The zero-order valence-electron chi connectivity index (χ0n) is 24.0. The van der Waals surface area contributed by atoms with Gasteiger partial charge in [0.05, 0.1) is 17.1 Å². The SMILES string of the molecule is CC(C)c1cc(F)ccc1N1C(=O)CS/C1=N\C(=O)NC(F)C(F)c1ccc(-c2ncn(-c3ccc(OC(F)(F)F)cc3)n2)cc1. The van der Waals surface area contributed by atoms with Gasteiger partial charge in [-0.05, 0) is 59.5 Å². The van der Waals surface area contributed by atoms with Crippen LogP contribution >= 0.6 is 11.8 Å². The van der Waals surface area contributed by atoms with Gasteiger partial charge >= 0.3 is 12.4 Å². The molecule has 16 heteroatoms. The Bertz CT molecular complexity index is 1760. The highest BCUT2D eigenvalue weighted by Crippen LogP contribution is 2.34. The van der Waals surface area contributed by atoms with Crippen LogP contribution in [0.3, 0.4) is 0 Å². The molecule has 46 heavy (non-hydrogen) atoms. The number of halogens is 6. The lowest BCUT2D eigenvalue weighted by molar-refractivity contribution is -0.274. The third-order valence-corrected chi connectivity index (χ3v) is 7.57. The molecule has 0 spiro atoms. The largest absolute Gasteiger partial charge is 0.573 e. The maximum Gasteiger partial charge on any atom is 0.573 e. The van der Waals surface area contributed by atoms with E-state index in [1.807, 2.05) is 19.2 Å². The van der Waals surface area contributed by atoms with Crippen molar-refractivity contribution in [3.05, 3.63) is 90.0 Å². The normalized spacial score (nSPS) is 15.8. The number of ether oxygens (including phenoxy) is 1. The van der Waals surface area contributed by atoms with Gasteiger partial charge in [-0.25, -0.2) is 27.6 Å². The van der Waals surface area contributed by atoms with E-state index in [2.05, 4.69) is 19.8 Å². The van der Waals surface area contributed by atoms with Gasteiger partial charge in [-0.3, -0.25) is 9.69 Å². The van der Waals surface area contributed by atoms with Crippen LogP contribution in [-0.4, -0.2) is 50.3 Å². The van der Waals surface area contributed by atoms with Gasteiger partial charge in [-0.2, -0.15) is 4.99 Å². The molecule has 4 aromatic rings. The number of benzene rings is 3. The summed E-state index contributed by atoms with van der Waals surface area (Å²) in [5, 5.41) is 6.05. The van der Waals surface area contributed by atoms with Crippen molar-refractivity contribution in [1.29, 1.82) is 0 Å². The lowest BCUT2D eigenvalue weighted by Gasteiger charge is -2.21. The molecule has 1 aliphatic rings. The fraction of sp³-hybridized carbons (Fsp3) is 0.233. The fourth-order valence-corrected chi connectivity index (χ4v) is 5.35. The zero-order valence-corrected chi connectivity index (χ0v) is 24.8. The van der Waals surface area contributed by atoms with Crippen LogP contribution in [0, 0.1) is 5.82 Å². The van der Waals surface area contributed by atoms with Gasteiger partial charge in [-0.15, -0.1) is 18.3 Å². The number of amidine groups is 1. The molecular formula is C30H24F6N6O3S. The van der Waals surface area contributed by atoms with Crippen LogP contribution in [0.4, 0.5) is 36.8 Å². The van der Waals surface area contributed by atoms with Crippen molar-refractivity contribution in [2.24, 2.45) is 4.99 Å². The van der Waals surface area contributed by atoms with Crippen molar-refractivity contribution in [1.82, 2.24) is 20.1 Å². The summed E-state index contributed by atoms with van der Waals surface area (Å²) in [7, 11) is 0. The summed E-state index contributed by atoms with van der Waals surface area (Å²) in [6.45, 7) is 3.62. The van der Waals surface area contributed by atoms with Crippen molar-refractivity contribution in [3.63, 3.8) is 0 Å². The molecule has 1 aliphatic heterocycles. The second-order valence-electron chi connectivity index (χ2n) is 10.2. The van der Waals surface area contributed by atoms with Crippen LogP contribution in [0.15, 0.2) is 78.0 Å². The predicted molar refractivity (Wildman–Crippen MR) is 159 cm³/mol. The van der Waals surface area contributed by atoms with E-state index in [0.717, 1.165) is 28.8 Å². The summed E-state index contributed by atoms with van der Waals surface area (Å²) in [6, 6.07) is 13.0. The fourth-order valence-electron chi connectivity index (χ4n) is 4.49. The van der Waals surface area contributed by atoms with Gasteiger partial charge in [0.15, 0.2) is 17.2 Å². The van der Waals surface area contributed by atoms with Gasteiger partial charge in [0.25, 0.3) is 0 Å². The van der Waals surface area contributed by atoms with Crippen molar-refractivity contribution in [2.45, 2.75) is 38.6 Å². The second-order valence-corrected chi connectivity index (χ2v) is 11.1. The minimum atomic E-state index is -4.82. The Morgan fingerprint density at radius 2 is 1.74 bits per heavy atom. The minimum Gasteiger partial charge on any atom is -0.406 e.